The monoisotopic (exact) mass is 323 g/mol. The Morgan fingerprint density at radius 1 is 1.09 bits per heavy atom. The summed E-state index contributed by atoms with van der Waals surface area (Å²) in [4.78, 5) is 23.3. The number of benzene rings is 1. The van der Waals surface area contributed by atoms with Gasteiger partial charge in [-0.05, 0) is 30.5 Å². The summed E-state index contributed by atoms with van der Waals surface area (Å²) in [5.41, 5.74) is 0.971. The fraction of sp³-hybridized carbons (Fsp3) is 0.500. The van der Waals surface area contributed by atoms with E-state index in [1.807, 2.05) is 12.1 Å². The van der Waals surface area contributed by atoms with Gasteiger partial charge in [0.1, 0.15) is 0 Å². The van der Waals surface area contributed by atoms with Crippen molar-refractivity contribution in [3.8, 4) is 0 Å². The summed E-state index contributed by atoms with van der Waals surface area (Å²) in [6.45, 7) is 0.766. The van der Waals surface area contributed by atoms with Crippen molar-refractivity contribution in [2.24, 2.45) is 0 Å². The Morgan fingerprint density at radius 3 is 2.45 bits per heavy atom. The fourth-order valence-electron chi connectivity index (χ4n) is 2.51. The molecule has 0 radical (unpaired) electrons. The first-order valence-electron chi connectivity index (χ1n) is 7.69. The predicted molar refractivity (Wildman–Crippen MR) is 86.7 cm³/mol. The number of hydrogen-bond donors (Lipinski definition) is 3. The van der Waals surface area contributed by atoms with Crippen LogP contribution in [0.15, 0.2) is 24.3 Å². The standard InChI is InChI=1S/C16H22ClN3O2/c17-13-7-5-12(6-8-13)11-19-16(22)18-10-9-15(21)20-14-3-1-2-4-14/h5-8,14H,1-4,9-11H2,(H,20,21)(H2,18,19,22). The molecule has 6 heteroatoms. The van der Waals surface area contributed by atoms with Crippen LogP contribution in [0.2, 0.25) is 5.02 Å². The molecule has 0 atom stereocenters. The van der Waals surface area contributed by atoms with Crippen LogP contribution in [0.3, 0.4) is 0 Å². The number of nitrogens with one attached hydrogen (secondary N) is 3. The Labute approximate surface area is 135 Å². The topological polar surface area (TPSA) is 70.2 Å². The molecule has 1 aliphatic carbocycles. The molecule has 5 nitrogen and oxygen atoms in total. The maximum Gasteiger partial charge on any atom is 0.315 e. The molecular weight excluding hydrogens is 302 g/mol. The zero-order valence-corrected chi connectivity index (χ0v) is 13.3. The molecule has 1 aromatic rings. The maximum absolute atomic E-state index is 11.7. The molecule has 22 heavy (non-hydrogen) atoms. The van der Waals surface area contributed by atoms with Crippen molar-refractivity contribution in [3.05, 3.63) is 34.9 Å². The first kappa shape index (κ1) is 16.6. The highest BCUT2D eigenvalue weighted by molar-refractivity contribution is 6.30. The van der Waals surface area contributed by atoms with Gasteiger partial charge in [-0.15, -0.1) is 0 Å². The molecule has 2 rings (SSSR count). The lowest BCUT2D eigenvalue weighted by Gasteiger charge is -2.12. The van der Waals surface area contributed by atoms with Gasteiger partial charge in [0.2, 0.25) is 5.91 Å². The van der Waals surface area contributed by atoms with Crippen LogP contribution in [-0.4, -0.2) is 24.5 Å². The highest BCUT2D eigenvalue weighted by atomic mass is 35.5. The van der Waals surface area contributed by atoms with Gasteiger partial charge in [-0.2, -0.15) is 0 Å². The minimum atomic E-state index is -0.274. The third kappa shape index (κ3) is 5.93. The van der Waals surface area contributed by atoms with Crippen LogP contribution in [0.4, 0.5) is 4.79 Å². The summed E-state index contributed by atoms with van der Waals surface area (Å²) in [6.07, 6.45) is 4.83. The van der Waals surface area contributed by atoms with Crippen LogP contribution in [0.25, 0.3) is 0 Å². The predicted octanol–water partition coefficient (Wildman–Crippen LogP) is 2.59. The van der Waals surface area contributed by atoms with Crippen molar-refractivity contribution in [2.45, 2.75) is 44.7 Å². The number of carbonyl (C=O) groups is 2. The van der Waals surface area contributed by atoms with Gasteiger partial charge in [-0.3, -0.25) is 4.79 Å². The minimum Gasteiger partial charge on any atom is -0.353 e. The highest BCUT2D eigenvalue weighted by Gasteiger charge is 2.16. The Bertz CT molecular complexity index is 499. The van der Waals surface area contributed by atoms with E-state index in [1.165, 1.54) is 12.8 Å². The van der Waals surface area contributed by atoms with Gasteiger partial charge in [0.25, 0.3) is 0 Å². The first-order chi connectivity index (χ1) is 10.6. The smallest absolute Gasteiger partial charge is 0.315 e. The average Bonchev–Trinajstić information content (AvgIpc) is 2.99. The van der Waals surface area contributed by atoms with Crippen molar-refractivity contribution in [1.29, 1.82) is 0 Å². The number of rotatable bonds is 6. The van der Waals surface area contributed by atoms with Crippen LogP contribution < -0.4 is 16.0 Å². The molecular formula is C16H22ClN3O2. The van der Waals surface area contributed by atoms with Gasteiger partial charge >= 0.3 is 6.03 Å². The van der Waals surface area contributed by atoms with E-state index in [-0.39, 0.29) is 11.9 Å². The first-order valence-corrected chi connectivity index (χ1v) is 8.07. The number of urea groups is 1. The Hall–Kier alpha value is -1.75. The summed E-state index contributed by atoms with van der Waals surface area (Å²) in [5, 5.41) is 9.08. The van der Waals surface area contributed by atoms with Crippen LogP contribution >= 0.6 is 11.6 Å². The van der Waals surface area contributed by atoms with E-state index in [0.29, 0.717) is 30.6 Å². The maximum atomic E-state index is 11.7. The fourth-order valence-corrected chi connectivity index (χ4v) is 2.63. The normalized spacial score (nSPS) is 14.6. The second-order valence-electron chi connectivity index (χ2n) is 5.53. The van der Waals surface area contributed by atoms with Crippen molar-refractivity contribution in [1.82, 2.24) is 16.0 Å². The van der Waals surface area contributed by atoms with Crippen molar-refractivity contribution >= 4 is 23.5 Å². The summed E-state index contributed by atoms with van der Waals surface area (Å²) in [6, 6.07) is 7.33. The van der Waals surface area contributed by atoms with Gasteiger partial charge < -0.3 is 16.0 Å². The molecule has 1 fully saturated rings. The molecule has 3 amide bonds. The minimum absolute atomic E-state index is 0.00454. The lowest BCUT2D eigenvalue weighted by atomic mass is 10.2. The van der Waals surface area contributed by atoms with E-state index in [4.69, 9.17) is 11.6 Å². The van der Waals surface area contributed by atoms with E-state index < -0.39 is 0 Å². The van der Waals surface area contributed by atoms with Crippen LogP contribution in [0, 0.1) is 0 Å². The number of carbonyl (C=O) groups excluding carboxylic acids is 2. The van der Waals surface area contributed by atoms with Gasteiger partial charge in [0, 0.05) is 30.6 Å². The zero-order valence-electron chi connectivity index (χ0n) is 12.5. The summed E-state index contributed by atoms with van der Waals surface area (Å²) < 4.78 is 0. The average molecular weight is 324 g/mol. The van der Waals surface area contributed by atoms with Gasteiger partial charge in [0.05, 0.1) is 0 Å². The Morgan fingerprint density at radius 2 is 1.77 bits per heavy atom. The zero-order chi connectivity index (χ0) is 15.8. The molecule has 0 aliphatic heterocycles. The molecule has 1 saturated carbocycles. The summed E-state index contributed by atoms with van der Waals surface area (Å²) in [5.74, 6) is 0.00454. The molecule has 3 N–H and O–H groups in total. The molecule has 0 unspecified atom stereocenters. The third-order valence-electron chi connectivity index (χ3n) is 3.72. The third-order valence-corrected chi connectivity index (χ3v) is 3.98. The molecule has 0 saturated heterocycles. The molecule has 1 aliphatic rings. The molecule has 0 bridgehead atoms. The summed E-state index contributed by atoms with van der Waals surface area (Å²) in [7, 11) is 0. The molecule has 0 aromatic heterocycles. The van der Waals surface area contributed by atoms with Crippen molar-refractivity contribution < 1.29 is 9.59 Å². The van der Waals surface area contributed by atoms with E-state index in [0.717, 1.165) is 18.4 Å². The van der Waals surface area contributed by atoms with E-state index in [2.05, 4.69) is 16.0 Å². The van der Waals surface area contributed by atoms with Crippen LogP contribution in [-0.2, 0) is 11.3 Å². The van der Waals surface area contributed by atoms with Gasteiger partial charge in [0.15, 0.2) is 0 Å². The van der Waals surface area contributed by atoms with E-state index >= 15 is 0 Å². The quantitative estimate of drug-likeness (QED) is 0.753. The van der Waals surface area contributed by atoms with Crippen LogP contribution in [0.1, 0.15) is 37.7 Å². The van der Waals surface area contributed by atoms with Crippen LogP contribution in [0.5, 0.6) is 0 Å². The molecule has 1 aromatic carbocycles. The van der Waals surface area contributed by atoms with E-state index in [1.54, 1.807) is 12.1 Å². The molecule has 0 spiro atoms. The summed E-state index contributed by atoms with van der Waals surface area (Å²) >= 11 is 5.80. The largest absolute Gasteiger partial charge is 0.353 e. The molecule has 0 heterocycles. The van der Waals surface area contributed by atoms with Crippen molar-refractivity contribution in [3.63, 3.8) is 0 Å². The Balaban J connectivity index is 1.57. The van der Waals surface area contributed by atoms with Crippen molar-refractivity contribution in [2.75, 3.05) is 6.54 Å². The van der Waals surface area contributed by atoms with E-state index in [9.17, 15) is 9.59 Å². The lowest BCUT2D eigenvalue weighted by molar-refractivity contribution is -0.121. The molecule has 120 valence electrons. The van der Waals surface area contributed by atoms with Gasteiger partial charge in [-0.1, -0.05) is 36.6 Å². The second-order valence-corrected chi connectivity index (χ2v) is 5.97. The highest BCUT2D eigenvalue weighted by Crippen LogP contribution is 2.17. The Kier molecular flexibility index (Phi) is 6.52. The number of halogens is 1. The second kappa shape index (κ2) is 8.63. The number of hydrogen-bond acceptors (Lipinski definition) is 2. The SMILES string of the molecule is O=C(CCNC(=O)NCc1ccc(Cl)cc1)NC1CCCC1. The lowest BCUT2D eigenvalue weighted by Crippen LogP contribution is -2.39. The number of amides is 3. The van der Waals surface area contributed by atoms with Gasteiger partial charge in [-0.25, -0.2) is 4.79 Å².